The van der Waals surface area contributed by atoms with E-state index in [0.717, 1.165) is 116 Å². The molecule has 2 aliphatic carbocycles. The molecule has 1 saturated heterocycles. The maximum Gasteiger partial charge on any atom is 0.330 e. The van der Waals surface area contributed by atoms with Gasteiger partial charge < -0.3 is 18.9 Å². The molecular weight excluding hydrogens is 554 g/mol. The maximum absolute atomic E-state index is 11.0. The molecule has 2 atom stereocenters. The van der Waals surface area contributed by atoms with Crippen LogP contribution in [0.4, 0.5) is 0 Å². The molecule has 0 radical (unpaired) electrons. The number of nitrogens with zero attached hydrogens (tertiary/aromatic N) is 1. The molecule has 44 heavy (non-hydrogen) atoms. The van der Waals surface area contributed by atoms with E-state index in [2.05, 4.69) is 48.8 Å². The molecule has 0 spiro atoms. The van der Waals surface area contributed by atoms with Crippen molar-refractivity contribution >= 4 is 11.9 Å². The van der Waals surface area contributed by atoms with Crippen molar-refractivity contribution in [2.75, 3.05) is 33.5 Å². The molecule has 3 fully saturated rings. The molecule has 0 amide bonds. The Morgan fingerprint density at radius 3 is 1.36 bits per heavy atom. The third-order valence-corrected chi connectivity index (χ3v) is 9.06. The van der Waals surface area contributed by atoms with Gasteiger partial charge in [0, 0.05) is 37.2 Å². The summed E-state index contributed by atoms with van der Waals surface area (Å²) in [5.41, 5.74) is 0. The highest BCUT2D eigenvalue weighted by Crippen LogP contribution is 2.28. The van der Waals surface area contributed by atoms with Crippen molar-refractivity contribution in [2.45, 2.75) is 127 Å². The number of hydrogen-bond donors (Lipinski definition) is 0. The Labute approximate surface area is 266 Å². The van der Waals surface area contributed by atoms with Crippen molar-refractivity contribution in [1.29, 1.82) is 0 Å². The van der Waals surface area contributed by atoms with Gasteiger partial charge in [0.25, 0.3) is 0 Å². The maximum atomic E-state index is 11.0. The van der Waals surface area contributed by atoms with E-state index >= 15 is 0 Å². The van der Waals surface area contributed by atoms with E-state index < -0.39 is 0 Å². The van der Waals surface area contributed by atoms with Crippen molar-refractivity contribution < 1.29 is 28.5 Å². The van der Waals surface area contributed by atoms with Crippen LogP contribution in [0.3, 0.4) is 0 Å². The molecule has 3 aliphatic rings. The number of hydrogen-bond acceptors (Lipinski definition) is 7. The molecule has 0 bridgehead atoms. The molecule has 7 nitrogen and oxygen atoms in total. The van der Waals surface area contributed by atoms with E-state index in [1.54, 1.807) is 0 Å². The minimum Gasteiger partial charge on any atom is -0.463 e. The molecule has 2 saturated carbocycles. The molecule has 1 aliphatic heterocycles. The lowest BCUT2D eigenvalue weighted by molar-refractivity contribution is -0.138. The van der Waals surface area contributed by atoms with E-state index in [4.69, 9.17) is 18.9 Å². The summed E-state index contributed by atoms with van der Waals surface area (Å²) in [5.74, 6) is 14.7. The van der Waals surface area contributed by atoms with E-state index in [-0.39, 0.29) is 11.9 Å². The molecule has 7 heteroatoms. The van der Waals surface area contributed by atoms with Crippen molar-refractivity contribution in [3.8, 4) is 23.7 Å². The van der Waals surface area contributed by atoms with E-state index in [9.17, 15) is 9.59 Å². The Hall–Kier alpha value is -2.58. The normalized spacial score (nSPS) is 26.8. The third kappa shape index (κ3) is 14.0. The molecule has 3 rings (SSSR count). The fourth-order valence-electron chi connectivity index (χ4n) is 6.19. The highest BCUT2D eigenvalue weighted by atomic mass is 16.5. The number of likely N-dealkylation sites (tertiary alicyclic amines) is 1. The molecule has 0 aromatic carbocycles. The van der Waals surface area contributed by atoms with Crippen LogP contribution in [0.15, 0.2) is 25.3 Å². The second kappa shape index (κ2) is 21.2. The summed E-state index contributed by atoms with van der Waals surface area (Å²) in [6, 6.07) is 0.624. The Bertz CT molecular complexity index is 922. The lowest BCUT2D eigenvalue weighted by Gasteiger charge is -2.26. The average molecular weight is 610 g/mol. The summed E-state index contributed by atoms with van der Waals surface area (Å²) in [6.45, 7) is 9.27. The number of esters is 2. The van der Waals surface area contributed by atoms with Gasteiger partial charge in [0.05, 0.1) is 37.5 Å². The van der Waals surface area contributed by atoms with Crippen LogP contribution in [0, 0.1) is 35.5 Å². The van der Waals surface area contributed by atoms with Crippen LogP contribution in [-0.4, -0.2) is 74.6 Å². The Morgan fingerprint density at radius 1 is 0.591 bits per heavy atom. The molecule has 0 N–H and O–H groups in total. The zero-order valence-corrected chi connectivity index (χ0v) is 27.1. The van der Waals surface area contributed by atoms with E-state index in [0.29, 0.717) is 49.3 Å². The van der Waals surface area contributed by atoms with Crippen LogP contribution in [0.5, 0.6) is 0 Å². The second-order valence-electron chi connectivity index (χ2n) is 12.4. The molecule has 0 aromatic rings. The minimum atomic E-state index is -0.350. The number of rotatable bonds is 16. The van der Waals surface area contributed by atoms with Crippen LogP contribution >= 0.6 is 0 Å². The fourth-order valence-corrected chi connectivity index (χ4v) is 6.19. The summed E-state index contributed by atoms with van der Waals surface area (Å²) in [6.07, 6.45) is 19.9. The van der Waals surface area contributed by atoms with Crippen molar-refractivity contribution in [3.05, 3.63) is 25.3 Å². The SMILES string of the molecule is C=CC(=O)OCCCCCOC1CCC(C#CC2CCC(C#CC3CCC(OCCCCCOC(=O)C=C)CC3)N2C)CC1. The highest BCUT2D eigenvalue weighted by molar-refractivity contribution is 5.81. The van der Waals surface area contributed by atoms with Crippen LogP contribution in [-0.2, 0) is 28.5 Å². The summed E-state index contributed by atoms with van der Waals surface area (Å²) in [5, 5.41) is 0. The zero-order valence-electron chi connectivity index (χ0n) is 27.1. The average Bonchev–Trinajstić information content (AvgIpc) is 3.41. The van der Waals surface area contributed by atoms with Gasteiger partial charge in [-0.05, 0) is 110 Å². The largest absolute Gasteiger partial charge is 0.463 e. The lowest BCUT2D eigenvalue weighted by atomic mass is 9.87. The van der Waals surface area contributed by atoms with Crippen LogP contribution < -0.4 is 0 Å². The summed E-state index contributed by atoms with van der Waals surface area (Å²) >= 11 is 0. The molecule has 1 heterocycles. The van der Waals surface area contributed by atoms with Gasteiger partial charge in [-0.25, -0.2) is 9.59 Å². The molecule has 0 aromatic heterocycles. The lowest BCUT2D eigenvalue weighted by Crippen LogP contribution is -2.30. The zero-order chi connectivity index (χ0) is 31.4. The quantitative estimate of drug-likeness (QED) is 0.0867. The first kappa shape index (κ1) is 35.9. The smallest absolute Gasteiger partial charge is 0.330 e. The number of unbranched alkanes of at least 4 members (excludes halogenated alkanes) is 4. The van der Waals surface area contributed by atoms with Gasteiger partial charge in [0.2, 0.25) is 0 Å². The highest BCUT2D eigenvalue weighted by Gasteiger charge is 2.29. The van der Waals surface area contributed by atoms with Gasteiger partial charge in [0.1, 0.15) is 0 Å². The van der Waals surface area contributed by atoms with Crippen LogP contribution in [0.1, 0.15) is 103 Å². The van der Waals surface area contributed by atoms with Crippen molar-refractivity contribution in [3.63, 3.8) is 0 Å². The standard InChI is InChI=1S/C37H55NO6/c1-4-36(39)43-28-10-6-8-26-41-34-22-14-30(15-23-34)12-18-32-20-21-33(38(32)3)19-13-31-16-24-35(25-17-31)42-27-9-7-11-29-44-37(40)5-2/h4-5,30-35H,1-2,6-11,14-17,20-29H2,3H3. The number of ether oxygens (including phenoxy) is 4. The Balaban J connectivity index is 1.23. The predicted octanol–water partition coefficient (Wildman–Crippen LogP) is 6.41. The van der Waals surface area contributed by atoms with Gasteiger partial charge in [-0.2, -0.15) is 0 Å². The summed E-state index contributed by atoms with van der Waals surface area (Å²) < 4.78 is 22.2. The van der Waals surface area contributed by atoms with Gasteiger partial charge >= 0.3 is 11.9 Å². The second-order valence-corrected chi connectivity index (χ2v) is 12.4. The summed E-state index contributed by atoms with van der Waals surface area (Å²) in [4.78, 5) is 24.5. The van der Waals surface area contributed by atoms with Crippen LogP contribution in [0.25, 0.3) is 0 Å². The Morgan fingerprint density at radius 2 is 0.977 bits per heavy atom. The third-order valence-electron chi connectivity index (χ3n) is 9.06. The number of carbonyl (C=O) groups is 2. The fraction of sp³-hybridized carbons (Fsp3) is 0.730. The van der Waals surface area contributed by atoms with Gasteiger partial charge in [-0.1, -0.05) is 36.8 Å². The minimum absolute atomic E-state index is 0.312. The monoisotopic (exact) mass is 609 g/mol. The topological polar surface area (TPSA) is 74.3 Å². The Kier molecular flexibility index (Phi) is 17.3. The summed E-state index contributed by atoms with van der Waals surface area (Å²) in [7, 11) is 2.19. The van der Waals surface area contributed by atoms with Crippen molar-refractivity contribution in [1.82, 2.24) is 4.90 Å². The first-order valence-electron chi connectivity index (χ1n) is 17.0. The van der Waals surface area contributed by atoms with Crippen LogP contribution in [0.2, 0.25) is 0 Å². The predicted molar refractivity (Wildman–Crippen MR) is 174 cm³/mol. The van der Waals surface area contributed by atoms with Gasteiger partial charge in [-0.3, -0.25) is 4.90 Å². The molecule has 244 valence electrons. The van der Waals surface area contributed by atoms with Gasteiger partial charge in [-0.15, -0.1) is 0 Å². The van der Waals surface area contributed by atoms with Gasteiger partial charge in [0.15, 0.2) is 0 Å². The first-order valence-corrected chi connectivity index (χ1v) is 17.0. The molecular formula is C37H55NO6. The van der Waals surface area contributed by atoms with E-state index in [1.807, 2.05) is 0 Å². The first-order chi connectivity index (χ1) is 21.5. The number of carbonyl (C=O) groups excluding carboxylic acids is 2. The van der Waals surface area contributed by atoms with Crippen molar-refractivity contribution in [2.24, 2.45) is 11.8 Å². The van der Waals surface area contributed by atoms with E-state index in [1.165, 1.54) is 12.2 Å². The molecule has 2 unspecified atom stereocenters.